The summed E-state index contributed by atoms with van der Waals surface area (Å²) in [6.07, 6.45) is 6.96. The average Bonchev–Trinajstić information content (AvgIpc) is 2.33. The van der Waals surface area contributed by atoms with Gasteiger partial charge in [0, 0.05) is 19.5 Å². The van der Waals surface area contributed by atoms with Gasteiger partial charge in [0.25, 0.3) is 0 Å². The Morgan fingerprint density at radius 2 is 1.72 bits per heavy atom. The average molecular weight is 253 g/mol. The Morgan fingerprint density at radius 3 is 2.28 bits per heavy atom. The lowest BCUT2D eigenvalue weighted by Crippen LogP contribution is -2.41. The third kappa shape index (κ3) is 3.71. The Bertz CT molecular complexity index is 283. The van der Waals surface area contributed by atoms with Crippen molar-refractivity contribution >= 4 is 5.91 Å². The maximum absolute atomic E-state index is 12.2. The van der Waals surface area contributed by atoms with Crippen molar-refractivity contribution in [2.75, 3.05) is 13.1 Å². The summed E-state index contributed by atoms with van der Waals surface area (Å²) in [6, 6.07) is 0. The zero-order chi connectivity index (χ0) is 13.2. The molecule has 0 unspecified atom stereocenters. The number of rotatable bonds is 2. The predicted octanol–water partition coefficient (Wildman–Crippen LogP) is 2.58. The molecule has 2 aliphatic rings. The minimum absolute atomic E-state index is 0.190. The van der Waals surface area contributed by atoms with Gasteiger partial charge in [-0.25, -0.2) is 0 Å². The first-order valence-corrected chi connectivity index (χ1v) is 7.42. The number of piperidine rings is 1. The van der Waals surface area contributed by atoms with Crippen molar-refractivity contribution in [3.05, 3.63) is 0 Å². The van der Waals surface area contributed by atoms with E-state index in [0.29, 0.717) is 17.2 Å². The van der Waals surface area contributed by atoms with Gasteiger partial charge in [0.2, 0.25) is 5.91 Å². The highest BCUT2D eigenvalue weighted by atomic mass is 16.3. The van der Waals surface area contributed by atoms with Crippen LogP contribution in [0.4, 0.5) is 0 Å². The third-order valence-corrected chi connectivity index (χ3v) is 4.74. The SMILES string of the molecule is CC1(C)CCC(CC(=O)N2CCC(O)CC2)CC1. The Labute approximate surface area is 111 Å². The first-order valence-electron chi connectivity index (χ1n) is 7.42. The van der Waals surface area contributed by atoms with Crippen LogP contribution in [-0.2, 0) is 4.79 Å². The van der Waals surface area contributed by atoms with Crippen LogP contribution in [0.5, 0.6) is 0 Å². The number of carbonyl (C=O) groups excluding carboxylic acids is 1. The van der Waals surface area contributed by atoms with E-state index < -0.39 is 0 Å². The monoisotopic (exact) mass is 253 g/mol. The van der Waals surface area contributed by atoms with Gasteiger partial charge < -0.3 is 10.0 Å². The van der Waals surface area contributed by atoms with Crippen LogP contribution < -0.4 is 0 Å². The van der Waals surface area contributed by atoms with Crippen LogP contribution >= 0.6 is 0 Å². The molecule has 3 heteroatoms. The van der Waals surface area contributed by atoms with Crippen molar-refractivity contribution < 1.29 is 9.90 Å². The number of hydrogen-bond donors (Lipinski definition) is 1. The number of aliphatic hydroxyl groups excluding tert-OH is 1. The molecule has 1 saturated heterocycles. The summed E-state index contributed by atoms with van der Waals surface area (Å²) in [7, 11) is 0. The minimum Gasteiger partial charge on any atom is -0.393 e. The van der Waals surface area contributed by atoms with Gasteiger partial charge in [-0.05, 0) is 49.9 Å². The lowest BCUT2D eigenvalue weighted by Gasteiger charge is -2.36. The summed E-state index contributed by atoms with van der Waals surface area (Å²) in [5.74, 6) is 0.906. The number of likely N-dealkylation sites (tertiary alicyclic amines) is 1. The van der Waals surface area contributed by atoms with Crippen molar-refractivity contribution in [2.24, 2.45) is 11.3 Å². The Morgan fingerprint density at radius 1 is 1.17 bits per heavy atom. The molecule has 0 bridgehead atoms. The van der Waals surface area contributed by atoms with Crippen LogP contribution in [0, 0.1) is 11.3 Å². The van der Waals surface area contributed by atoms with Crippen molar-refractivity contribution in [1.82, 2.24) is 4.90 Å². The van der Waals surface area contributed by atoms with Gasteiger partial charge in [-0.3, -0.25) is 4.79 Å². The fraction of sp³-hybridized carbons (Fsp3) is 0.933. The molecule has 104 valence electrons. The Kier molecular flexibility index (Phi) is 4.31. The first kappa shape index (κ1) is 13.9. The summed E-state index contributed by atoms with van der Waals surface area (Å²) in [5.41, 5.74) is 0.481. The lowest BCUT2D eigenvalue weighted by atomic mass is 9.72. The number of aliphatic hydroxyl groups is 1. The quantitative estimate of drug-likeness (QED) is 0.821. The molecule has 0 spiro atoms. The van der Waals surface area contributed by atoms with E-state index in [1.54, 1.807) is 0 Å². The van der Waals surface area contributed by atoms with Crippen LogP contribution in [0.1, 0.15) is 58.8 Å². The van der Waals surface area contributed by atoms with Crippen molar-refractivity contribution in [3.8, 4) is 0 Å². The largest absolute Gasteiger partial charge is 0.393 e. The zero-order valence-corrected chi connectivity index (χ0v) is 11.8. The molecule has 0 radical (unpaired) electrons. The highest BCUT2D eigenvalue weighted by Gasteiger charge is 2.29. The summed E-state index contributed by atoms with van der Waals surface area (Å²) >= 11 is 0. The van der Waals surface area contributed by atoms with Crippen molar-refractivity contribution in [3.63, 3.8) is 0 Å². The smallest absolute Gasteiger partial charge is 0.222 e. The summed E-state index contributed by atoms with van der Waals surface area (Å²) in [5, 5.41) is 9.45. The topological polar surface area (TPSA) is 40.5 Å². The Balaban J connectivity index is 1.75. The standard InChI is InChI=1S/C15H27NO2/c1-15(2)7-3-12(4-8-15)11-14(18)16-9-5-13(17)6-10-16/h12-13,17H,3-11H2,1-2H3. The maximum Gasteiger partial charge on any atom is 0.222 e. The van der Waals surface area contributed by atoms with E-state index in [1.165, 1.54) is 25.7 Å². The lowest BCUT2D eigenvalue weighted by molar-refractivity contribution is -0.134. The molecule has 2 fully saturated rings. The van der Waals surface area contributed by atoms with E-state index in [9.17, 15) is 9.90 Å². The van der Waals surface area contributed by atoms with Gasteiger partial charge in [0.15, 0.2) is 0 Å². The van der Waals surface area contributed by atoms with Crippen LogP contribution in [0.2, 0.25) is 0 Å². The molecule has 1 amide bonds. The van der Waals surface area contributed by atoms with E-state index >= 15 is 0 Å². The van der Waals surface area contributed by atoms with Gasteiger partial charge >= 0.3 is 0 Å². The number of amides is 1. The van der Waals surface area contributed by atoms with Gasteiger partial charge in [0.05, 0.1) is 6.10 Å². The van der Waals surface area contributed by atoms with Crippen LogP contribution in [-0.4, -0.2) is 35.1 Å². The molecule has 0 atom stereocenters. The summed E-state index contributed by atoms with van der Waals surface area (Å²) in [6.45, 7) is 6.16. The molecule has 1 aliphatic heterocycles. The number of nitrogens with zero attached hydrogens (tertiary/aromatic N) is 1. The van der Waals surface area contributed by atoms with Crippen molar-refractivity contribution in [2.45, 2.75) is 64.9 Å². The minimum atomic E-state index is -0.190. The molecule has 3 nitrogen and oxygen atoms in total. The predicted molar refractivity (Wildman–Crippen MR) is 72.2 cm³/mol. The molecule has 0 aromatic carbocycles. The van der Waals surface area contributed by atoms with Crippen LogP contribution in [0.25, 0.3) is 0 Å². The van der Waals surface area contributed by atoms with Crippen LogP contribution in [0.3, 0.4) is 0 Å². The van der Waals surface area contributed by atoms with Gasteiger partial charge in [-0.15, -0.1) is 0 Å². The first-order chi connectivity index (χ1) is 8.46. The van der Waals surface area contributed by atoms with Crippen molar-refractivity contribution in [1.29, 1.82) is 0 Å². The molecule has 1 heterocycles. The Hall–Kier alpha value is -0.570. The highest BCUT2D eigenvalue weighted by molar-refractivity contribution is 5.76. The highest BCUT2D eigenvalue weighted by Crippen LogP contribution is 2.39. The fourth-order valence-corrected chi connectivity index (χ4v) is 3.15. The van der Waals surface area contributed by atoms with Gasteiger partial charge in [0.1, 0.15) is 0 Å². The van der Waals surface area contributed by atoms with Crippen LogP contribution in [0.15, 0.2) is 0 Å². The summed E-state index contributed by atoms with van der Waals surface area (Å²) < 4.78 is 0. The second kappa shape index (κ2) is 5.60. The number of carbonyl (C=O) groups is 1. The second-order valence-corrected chi connectivity index (χ2v) is 6.92. The molecule has 1 saturated carbocycles. The van der Waals surface area contributed by atoms with E-state index in [0.717, 1.165) is 32.4 Å². The van der Waals surface area contributed by atoms with E-state index in [2.05, 4.69) is 13.8 Å². The van der Waals surface area contributed by atoms with E-state index in [4.69, 9.17) is 0 Å². The van der Waals surface area contributed by atoms with E-state index in [-0.39, 0.29) is 6.10 Å². The van der Waals surface area contributed by atoms with Gasteiger partial charge in [-0.1, -0.05) is 13.8 Å². The molecule has 2 rings (SSSR count). The molecular formula is C15H27NO2. The van der Waals surface area contributed by atoms with Gasteiger partial charge in [-0.2, -0.15) is 0 Å². The molecule has 18 heavy (non-hydrogen) atoms. The van der Waals surface area contributed by atoms with E-state index in [1.807, 2.05) is 4.90 Å². The fourth-order valence-electron chi connectivity index (χ4n) is 3.15. The third-order valence-electron chi connectivity index (χ3n) is 4.74. The molecule has 1 aliphatic carbocycles. The summed E-state index contributed by atoms with van der Waals surface area (Å²) in [4.78, 5) is 14.1. The molecule has 0 aromatic heterocycles. The molecule has 1 N–H and O–H groups in total. The second-order valence-electron chi connectivity index (χ2n) is 6.92. The zero-order valence-electron chi connectivity index (χ0n) is 11.8. The molecule has 0 aromatic rings. The maximum atomic E-state index is 12.2. The molecular weight excluding hydrogens is 226 g/mol. The number of hydrogen-bond acceptors (Lipinski definition) is 2. The normalized spacial score (nSPS) is 26.3.